The molecule has 0 saturated heterocycles. The molecule has 0 radical (unpaired) electrons. The Morgan fingerprint density at radius 3 is 2.86 bits per heavy atom. The van der Waals surface area contributed by atoms with Crippen LogP contribution in [0.3, 0.4) is 0 Å². The quantitative estimate of drug-likeness (QED) is 0.830. The molecule has 0 aliphatic rings. The Hall–Kier alpha value is -2.08. The first-order valence-electron chi connectivity index (χ1n) is 6.62. The number of aryl methyl sites for hydroxylation is 2. The van der Waals surface area contributed by atoms with Crippen molar-refractivity contribution in [1.82, 2.24) is 9.97 Å². The summed E-state index contributed by atoms with van der Waals surface area (Å²) in [6, 6.07) is 6.56. The van der Waals surface area contributed by atoms with Crippen LogP contribution in [0.1, 0.15) is 35.0 Å². The molecule has 6 heteroatoms. The number of benzene rings is 1. The van der Waals surface area contributed by atoms with Crippen LogP contribution in [0.15, 0.2) is 39.1 Å². The van der Waals surface area contributed by atoms with Gasteiger partial charge in [0.1, 0.15) is 0 Å². The zero-order chi connectivity index (χ0) is 15.4. The maximum Gasteiger partial charge on any atom is 0.336 e. The molecule has 0 aliphatic carbocycles. The lowest BCUT2D eigenvalue weighted by molar-refractivity contribution is 0.0693. The number of nitrogens with one attached hydrogen (secondary N) is 1. The number of aromatic carboxylic acids is 1. The molecule has 1 aromatic carbocycles. The Kier molecular flexibility index (Phi) is 4.80. The zero-order valence-corrected chi connectivity index (χ0v) is 12.7. The molecule has 0 saturated carbocycles. The minimum atomic E-state index is -0.992. The molecular formula is C15H16N2O3S. The maximum absolute atomic E-state index is 11.7. The molecule has 0 spiro atoms. The Bertz CT molecular complexity index is 725. The molecule has 0 amide bonds. The molecule has 0 unspecified atom stereocenters. The number of aromatic amines is 1. The first-order chi connectivity index (χ1) is 10.0. The van der Waals surface area contributed by atoms with Gasteiger partial charge in [-0.2, -0.15) is 0 Å². The Labute approximate surface area is 126 Å². The number of hydrogen-bond donors (Lipinski definition) is 2. The van der Waals surface area contributed by atoms with E-state index >= 15 is 0 Å². The summed E-state index contributed by atoms with van der Waals surface area (Å²) >= 11 is 1.18. The molecule has 21 heavy (non-hydrogen) atoms. The van der Waals surface area contributed by atoms with E-state index in [1.54, 1.807) is 12.1 Å². The van der Waals surface area contributed by atoms with Gasteiger partial charge >= 0.3 is 5.97 Å². The van der Waals surface area contributed by atoms with Gasteiger partial charge < -0.3 is 10.1 Å². The summed E-state index contributed by atoms with van der Waals surface area (Å²) in [6.45, 7) is 3.85. The summed E-state index contributed by atoms with van der Waals surface area (Å²) in [5, 5.41) is 9.68. The fraction of sp³-hybridized carbons (Fsp3) is 0.267. The normalized spacial score (nSPS) is 10.6. The van der Waals surface area contributed by atoms with Crippen LogP contribution in [0.2, 0.25) is 0 Å². The maximum atomic E-state index is 11.7. The molecule has 0 atom stereocenters. The van der Waals surface area contributed by atoms with E-state index in [4.69, 9.17) is 0 Å². The number of carboxylic acids is 1. The van der Waals surface area contributed by atoms with Crippen molar-refractivity contribution in [1.29, 1.82) is 0 Å². The van der Waals surface area contributed by atoms with E-state index in [-0.39, 0.29) is 11.1 Å². The second-order valence-electron chi connectivity index (χ2n) is 4.65. The molecule has 5 nitrogen and oxygen atoms in total. The molecule has 1 heterocycles. The van der Waals surface area contributed by atoms with Gasteiger partial charge in [-0.25, -0.2) is 9.78 Å². The van der Waals surface area contributed by atoms with Crippen molar-refractivity contribution in [3.63, 3.8) is 0 Å². The van der Waals surface area contributed by atoms with Gasteiger partial charge in [-0.05, 0) is 25.0 Å². The van der Waals surface area contributed by atoms with E-state index in [1.807, 2.05) is 19.9 Å². The van der Waals surface area contributed by atoms with Crippen molar-refractivity contribution in [3.05, 3.63) is 51.4 Å². The molecule has 0 fully saturated rings. The highest BCUT2D eigenvalue weighted by Gasteiger charge is 2.14. The number of aromatic nitrogens is 2. The van der Waals surface area contributed by atoms with Crippen LogP contribution in [0.25, 0.3) is 0 Å². The first-order valence-corrected chi connectivity index (χ1v) is 7.44. The van der Waals surface area contributed by atoms with Crippen molar-refractivity contribution in [2.45, 2.75) is 36.7 Å². The van der Waals surface area contributed by atoms with Gasteiger partial charge in [-0.3, -0.25) is 4.79 Å². The third-order valence-electron chi connectivity index (χ3n) is 2.92. The lowest BCUT2D eigenvalue weighted by Crippen LogP contribution is -2.10. The summed E-state index contributed by atoms with van der Waals surface area (Å²) in [7, 11) is 0. The van der Waals surface area contributed by atoms with Gasteiger partial charge in [-0.1, -0.05) is 37.2 Å². The van der Waals surface area contributed by atoms with Crippen molar-refractivity contribution in [3.8, 4) is 0 Å². The second kappa shape index (κ2) is 6.58. The number of H-pyrrole nitrogens is 1. The van der Waals surface area contributed by atoms with Crippen LogP contribution in [0.4, 0.5) is 0 Å². The fourth-order valence-corrected chi connectivity index (χ4v) is 2.97. The predicted octanol–water partition coefficient (Wildman–Crippen LogP) is 2.88. The molecule has 0 aliphatic heterocycles. The first kappa shape index (κ1) is 15.3. The number of carbonyl (C=O) groups is 1. The van der Waals surface area contributed by atoms with Crippen LogP contribution in [0, 0.1) is 6.92 Å². The monoisotopic (exact) mass is 304 g/mol. The highest BCUT2D eigenvalue weighted by molar-refractivity contribution is 7.99. The second-order valence-corrected chi connectivity index (χ2v) is 5.65. The number of carboxylic acid groups (broad SMARTS) is 1. The van der Waals surface area contributed by atoms with Gasteiger partial charge in [0.25, 0.3) is 5.56 Å². The smallest absolute Gasteiger partial charge is 0.336 e. The average Bonchev–Trinajstić information content (AvgIpc) is 2.40. The predicted molar refractivity (Wildman–Crippen MR) is 81.1 cm³/mol. The van der Waals surface area contributed by atoms with Crippen molar-refractivity contribution in [2.24, 2.45) is 0 Å². The highest BCUT2D eigenvalue weighted by atomic mass is 32.2. The van der Waals surface area contributed by atoms with Crippen LogP contribution in [-0.4, -0.2) is 21.0 Å². The van der Waals surface area contributed by atoms with Crippen LogP contribution < -0.4 is 5.56 Å². The van der Waals surface area contributed by atoms with E-state index in [2.05, 4.69) is 9.97 Å². The molecule has 110 valence electrons. The minimum Gasteiger partial charge on any atom is -0.478 e. The number of hydrogen-bond acceptors (Lipinski definition) is 4. The molecule has 0 bridgehead atoms. The number of rotatable bonds is 5. The van der Waals surface area contributed by atoms with Crippen molar-refractivity contribution < 1.29 is 9.90 Å². The Morgan fingerprint density at radius 2 is 2.19 bits per heavy atom. The largest absolute Gasteiger partial charge is 0.478 e. The summed E-state index contributed by atoms with van der Waals surface area (Å²) in [5.41, 5.74) is 1.54. The Balaban J connectivity index is 2.43. The van der Waals surface area contributed by atoms with Gasteiger partial charge in [-0.15, -0.1) is 0 Å². The zero-order valence-electron chi connectivity index (χ0n) is 11.8. The molecular weight excluding hydrogens is 288 g/mol. The lowest BCUT2D eigenvalue weighted by atomic mass is 10.1. The molecule has 2 aromatic rings. The van der Waals surface area contributed by atoms with Crippen molar-refractivity contribution in [2.75, 3.05) is 0 Å². The van der Waals surface area contributed by atoms with Gasteiger partial charge in [0.05, 0.1) is 5.56 Å². The van der Waals surface area contributed by atoms with E-state index in [1.165, 1.54) is 17.8 Å². The third-order valence-corrected chi connectivity index (χ3v) is 4.05. The summed E-state index contributed by atoms with van der Waals surface area (Å²) in [5.74, 6) is -0.992. The van der Waals surface area contributed by atoms with Crippen molar-refractivity contribution >= 4 is 17.7 Å². The van der Waals surface area contributed by atoms with Crippen LogP contribution in [0.5, 0.6) is 0 Å². The summed E-state index contributed by atoms with van der Waals surface area (Å²) < 4.78 is 0. The standard InChI is InChI=1S/C15H16N2O3S/c1-3-5-10-8-12(18)17-15(16-10)21-13-9(2)6-4-7-11(13)14(19)20/h4,6-8H,3,5H2,1-2H3,(H,19,20)(H,16,17,18). The minimum absolute atomic E-state index is 0.212. The average molecular weight is 304 g/mol. The Morgan fingerprint density at radius 1 is 1.43 bits per heavy atom. The topological polar surface area (TPSA) is 83.0 Å². The summed E-state index contributed by atoms with van der Waals surface area (Å²) in [6.07, 6.45) is 1.61. The SMILES string of the molecule is CCCc1cc(=O)[nH]c(Sc2c(C)cccc2C(=O)O)n1. The van der Waals surface area contributed by atoms with Gasteiger partial charge in [0.15, 0.2) is 5.16 Å². The van der Waals surface area contributed by atoms with E-state index < -0.39 is 5.97 Å². The van der Waals surface area contributed by atoms with E-state index in [0.29, 0.717) is 15.7 Å². The lowest BCUT2D eigenvalue weighted by Gasteiger charge is -2.09. The van der Waals surface area contributed by atoms with Gasteiger partial charge in [0.2, 0.25) is 0 Å². The fourth-order valence-electron chi connectivity index (χ4n) is 1.97. The van der Waals surface area contributed by atoms with Crippen LogP contribution >= 0.6 is 11.8 Å². The molecule has 2 N–H and O–H groups in total. The summed E-state index contributed by atoms with van der Waals surface area (Å²) in [4.78, 5) is 30.6. The highest BCUT2D eigenvalue weighted by Crippen LogP contribution is 2.30. The van der Waals surface area contributed by atoms with Crippen LogP contribution in [-0.2, 0) is 6.42 Å². The molecule has 2 rings (SSSR count). The van der Waals surface area contributed by atoms with E-state index in [0.717, 1.165) is 18.4 Å². The van der Waals surface area contributed by atoms with Gasteiger partial charge in [0, 0.05) is 16.7 Å². The number of nitrogens with zero attached hydrogens (tertiary/aromatic N) is 1. The third kappa shape index (κ3) is 3.72. The molecule has 1 aromatic heterocycles. The van der Waals surface area contributed by atoms with E-state index in [9.17, 15) is 14.7 Å².